The van der Waals surface area contributed by atoms with Crippen molar-refractivity contribution in [1.82, 2.24) is 15.5 Å². The maximum absolute atomic E-state index is 12.2. The molecule has 1 amide bonds. The van der Waals surface area contributed by atoms with Crippen molar-refractivity contribution in [2.24, 2.45) is 0 Å². The minimum Gasteiger partial charge on any atom is -0.387 e. The maximum Gasteiger partial charge on any atom is 0.263 e. The molecule has 0 bridgehead atoms. The first-order chi connectivity index (χ1) is 13.7. The van der Waals surface area contributed by atoms with Gasteiger partial charge in [-0.25, -0.2) is 0 Å². The smallest absolute Gasteiger partial charge is 0.263 e. The number of likely N-dealkylation sites (tertiary alicyclic amines) is 1. The number of nitriles is 1. The van der Waals surface area contributed by atoms with E-state index in [1.807, 2.05) is 42.5 Å². The fourth-order valence-electron chi connectivity index (χ4n) is 3.32. The standard InChI is InChI=1S/C23H26N4O/c24-15-21(23(28)26-16-19-7-3-1-4-8-19)17-25-22-11-13-27(14-12-22)18-20-9-5-2-6-10-20/h1-10,17,22,25H,11-14,16,18H2,(H,26,28)/b21-17-. The fourth-order valence-corrected chi connectivity index (χ4v) is 3.32. The summed E-state index contributed by atoms with van der Waals surface area (Å²) in [6.07, 6.45) is 3.55. The van der Waals surface area contributed by atoms with Gasteiger partial charge in [0.2, 0.25) is 0 Å². The van der Waals surface area contributed by atoms with Gasteiger partial charge in [0.1, 0.15) is 11.6 Å². The summed E-state index contributed by atoms with van der Waals surface area (Å²) in [7, 11) is 0. The molecule has 1 saturated heterocycles. The molecule has 0 spiro atoms. The van der Waals surface area contributed by atoms with Crippen LogP contribution in [-0.2, 0) is 17.9 Å². The van der Waals surface area contributed by atoms with Crippen molar-refractivity contribution in [3.05, 3.63) is 83.6 Å². The third-order valence-electron chi connectivity index (χ3n) is 4.96. The van der Waals surface area contributed by atoms with Crippen LogP contribution >= 0.6 is 0 Å². The number of nitrogens with one attached hydrogen (secondary N) is 2. The van der Waals surface area contributed by atoms with Crippen LogP contribution in [0, 0.1) is 11.3 Å². The second-order valence-electron chi connectivity index (χ2n) is 7.04. The predicted octanol–water partition coefficient (Wildman–Crippen LogP) is 2.96. The van der Waals surface area contributed by atoms with Gasteiger partial charge in [-0.15, -0.1) is 0 Å². The van der Waals surface area contributed by atoms with Crippen LogP contribution in [0.4, 0.5) is 0 Å². The van der Waals surface area contributed by atoms with Crippen molar-refractivity contribution in [1.29, 1.82) is 5.26 Å². The highest BCUT2D eigenvalue weighted by molar-refractivity contribution is 5.97. The van der Waals surface area contributed by atoms with E-state index in [2.05, 4.69) is 39.8 Å². The molecular weight excluding hydrogens is 348 g/mol. The second kappa shape index (κ2) is 10.3. The molecule has 2 N–H and O–H groups in total. The highest BCUT2D eigenvalue weighted by Gasteiger charge is 2.19. The van der Waals surface area contributed by atoms with Crippen LogP contribution in [0.15, 0.2) is 72.4 Å². The van der Waals surface area contributed by atoms with Crippen LogP contribution in [0.2, 0.25) is 0 Å². The van der Waals surface area contributed by atoms with E-state index in [1.165, 1.54) is 5.56 Å². The van der Waals surface area contributed by atoms with Gasteiger partial charge in [-0.05, 0) is 24.0 Å². The van der Waals surface area contributed by atoms with Gasteiger partial charge in [0.05, 0.1) is 0 Å². The van der Waals surface area contributed by atoms with Crippen molar-refractivity contribution in [2.75, 3.05) is 13.1 Å². The molecule has 3 rings (SSSR count). The van der Waals surface area contributed by atoms with Gasteiger partial charge in [0.15, 0.2) is 0 Å². The topological polar surface area (TPSA) is 68.2 Å². The van der Waals surface area contributed by atoms with Crippen LogP contribution < -0.4 is 10.6 Å². The molecule has 5 heteroatoms. The Labute approximate surface area is 166 Å². The zero-order chi connectivity index (χ0) is 19.6. The zero-order valence-electron chi connectivity index (χ0n) is 16.0. The maximum atomic E-state index is 12.2. The van der Waals surface area contributed by atoms with E-state index in [0.717, 1.165) is 38.0 Å². The highest BCUT2D eigenvalue weighted by atomic mass is 16.1. The van der Waals surface area contributed by atoms with E-state index >= 15 is 0 Å². The molecule has 1 aliphatic heterocycles. The first-order valence-electron chi connectivity index (χ1n) is 9.69. The average molecular weight is 374 g/mol. The number of amides is 1. The molecule has 0 radical (unpaired) electrons. The zero-order valence-corrected chi connectivity index (χ0v) is 16.0. The molecule has 2 aromatic carbocycles. The Kier molecular flexibility index (Phi) is 7.22. The Morgan fingerprint density at radius 3 is 2.25 bits per heavy atom. The average Bonchev–Trinajstić information content (AvgIpc) is 2.75. The quantitative estimate of drug-likeness (QED) is 0.578. The number of hydrogen-bond acceptors (Lipinski definition) is 4. The summed E-state index contributed by atoms with van der Waals surface area (Å²) in [6.45, 7) is 3.39. The second-order valence-corrected chi connectivity index (χ2v) is 7.04. The Morgan fingerprint density at radius 2 is 1.64 bits per heavy atom. The van der Waals surface area contributed by atoms with Gasteiger partial charge in [-0.3, -0.25) is 9.69 Å². The summed E-state index contributed by atoms with van der Waals surface area (Å²) in [6, 6.07) is 22.4. The number of nitrogens with zero attached hydrogens (tertiary/aromatic N) is 2. The molecule has 144 valence electrons. The van der Waals surface area contributed by atoms with Gasteiger partial charge in [0.25, 0.3) is 5.91 Å². The number of rotatable bonds is 7. The number of carbonyl (C=O) groups is 1. The van der Waals surface area contributed by atoms with Crippen molar-refractivity contribution < 1.29 is 4.79 Å². The van der Waals surface area contributed by atoms with Gasteiger partial charge in [0, 0.05) is 38.4 Å². The summed E-state index contributed by atoms with van der Waals surface area (Å²) in [4.78, 5) is 14.7. The summed E-state index contributed by atoms with van der Waals surface area (Å²) < 4.78 is 0. The Bertz CT molecular complexity index is 819. The van der Waals surface area contributed by atoms with Crippen molar-refractivity contribution in [3.63, 3.8) is 0 Å². The summed E-state index contributed by atoms with van der Waals surface area (Å²) in [5.41, 5.74) is 2.45. The van der Waals surface area contributed by atoms with Crippen LogP contribution in [0.3, 0.4) is 0 Å². The van der Waals surface area contributed by atoms with Crippen molar-refractivity contribution in [3.8, 4) is 6.07 Å². The molecule has 2 aromatic rings. The third kappa shape index (κ3) is 5.97. The number of carbonyl (C=O) groups excluding carboxylic acids is 1. The lowest BCUT2D eigenvalue weighted by Crippen LogP contribution is -2.40. The predicted molar refractivity (Wildman–Crippen MR) is 110 cm³/mol. The largest absolute Gasteiger partial charge is 0.387 e. The van der Waals surface area contributed by atoms with Crippen LogP contribution in [0.5, 0.6) is 0 Å². The van der Waals surface area contributed by atoms with E-state index in [-0.39, 0.29) is 17.5 Å². The van der Waals surface area contributed by atoms with E-state index in [4.69, 9.17) is 0 Å². The number of piperidine rings is 1. The van der Waals surface area contributed by atoms with Crippen molar-refractivity contribution >= 4 is 5.91 Å². The van der Waals surface area contributed by atoms with Gasteiger partial charge >= 0.3 is 0 Å². The minimum absolute atomic E-state index is 0.114. The van der Waals surface area contributed by atoms with Crippen LogP contribution in [-0.4, -0.2) is 29.9 Å². The fraction of sp³-hybridized carbons (Fsp3) is 0.304. The van der Waals surface area contributed by atoms with Gasteiger partial charge in [-0.2, -0.15) is 5.26 Å². The first kappa shape index (κ1) is 19.7. The molecule has 5 nitrogen and oxygen atoms in total. The molecule has 1 aliphatic rings. The third-order valence-corrected chi connectivity index (χ3v) is 4.96. The van der Waals surface area contributed by atoms with E-state index in [9.17, 15) is 10.1 Å². The normalized spacial score (nSPS) is 15.6. The molecule has 0 saturated carbocycles. The monoisotopic (exact) mass is 374 g/mol. The van der Waals surface area contributed by atoms with Gasteiger partial charge in [-0.1, -0.05) is 60.7 Å². The van der Waals surface area contributed by atoms with Crippen LogP contribution in [0.1, 0.15) is 24.0 Å². The molecular formula is C23H26N4O. The molecule has 28 heavy (non-hydrogen) atoms. The molecule has 0 atom stereocenters. The van der Waals surface area contributed by atoms with E-state index < -0.39 is 0 Å². The molecule has 0 unspecified atom stereocenters. The molecule has 0 aliphatic carbocycles. The lowest BCUT2D eigenvalue weighted by atomic mass is 10.0. The Balaban J connectivity index is 1.43. The van der Waals surface area contributed by atoms with E-state index in [1.54, 1.807) is 6.20 Å². The van der Waals surface area contributed by atoms with E-state index in [0.29, 0.717) is 6.54 Å². The summed E-state index contributed by atoms with van der Waals surface area (Å²) >= 11 is 0. The summed E-state index contributed by atoms with van der Waals surface area (Å²) in [5, 5.41) is 15.4. The van der Waals surface area contributed by atoms with Gasteiger partial charge < -0.3 is 10.6 Å². The highest BCUT2D eigenvalue weighted by Crippen LogP contribution is 2.14. The number of benzene rings is 2. The minimum atomic E-state index is -0.347. The molecule has 1 fully saturated rings. The Hall–Kier alpha value is -3.10. The van der Waals surface area contributed by atoms with Crippen LogP contribution in [0.25, 0.3) is 0 Å². The lowest BCUT2D eigenvalue weighted by Gasteiger charge is -2.32. The molecule has 0 aromatic heterocycles. The Morgan fingerprint density at radius 1 is 1.04 bits per heavy atom. The number of hydrogen-bond donors (Lipinski definition) is 2. The lowest BCUT2D eigenvalue weighted by molar-refractivity contribution is -0.117. The summed E-state index contributed by atoms with van der Waals surface area (Å²) in [5.74, 6) is -0.347. The SMILES string of the molecule is N#C/C(=C/NC1CCN(Cc2ccccc2)CC1)C(=O)NCc1ccccc1. The first-order valence-corrected chi connectivity index (χ1v) is 9.69. The molecule has 1 heterocycles. The van der Waals surface area contributed by atoms with Crippen molar-refractivity contribution in [2.45, 2.75) is 32.0 Å².